The van der Waals surface area contributed by atoms with E-state index >= 15 is 0 Å². The van der Waals surface area contributed by atoms with Crippen LogP contribution in [0.2, 0.25) is 0 Å². The molecule has 2 aromatic rings. The van der Waals surface area contributed by atoms with Crippen LogP contribution in [0.1, 0.15) is 50.0 Å². The Hall–Kier alpha value is -1.28. The zero-order valence-corrected chi connectivity index (χ0v) is 11.7. The highest BCUT2D eigenvalue weighted by molar-refractivity contribution is 5.78. The Bertz CT molecular complexity index is 570. The van der Waals surface area contributed by atoms with E-state index in [4.69, 9.17) is 4.42 Å². The van der Waals surface area contributed by atoms with E-state index < -0.39 is 6.10 Å². The molecule has 1 aliphatic rings. The number of aliphatic hydroxyl groups is 1. The van der Waals surface area contributed by atoms with E-state index in [1.807, 2.05) is 18.2 Å². The predicted molar refractivity (Wildman–Crippen MR) is 77.0 cm³/mol. The minimum absolute atomic E-state index is 0.352. The molecule has 1 fully saturated rings. The quantitative estimate of drug-likeness (QED) is 0.854. The van der Waals surface area contributed by atoms with Gasteiger partial charge in [0.25, 0.3) is 0 Å². The Morgan fingerprint density at radius 3 is 2.89 bits per heavy atom. The molecule has 1 aromatic carbocycles. The molecule has 1 aliphatic carbocycles. The second kappa shape index (κ2) is 5.01. The number of hydrogen-bond donors (Lipinski definition) is 1. The van der Waals surface area contributed by atoms with Crippen LogP contribution in [0.5, 0.6) is 0 Å². The average molecular weight is 258 g/mol. The van der Waals surface area contributed by atoms with Gasteiger partial charge in [-0.25, -0.2) is 0 Å². The SMILES string of the molecule is Cc1ccc2oc(C(O)C3CCCC(C)C3)cc2c1. The highest BCUT2D eigenvalue weighted by Gasteiger charge is 2.28. The third kappa shape index (κ3) is 2.55. The largest absolute Gasteiger partial charge is 0.458 e. The Kier molecular flexibility index (Phi) is 3.36. The molecule has 1 N–H and O–H groups in total. The van der Waals surface area contributed by atoms with E-state index in [1.165, 1.54) is 18.4 Å². The molecule has 0 radical (unpaired) electrons. The van der Waals surface area contributed by atoms with Crippen molar-refractivity contribution in [1.29, 1.82) is 0 Å². The number of aliphatic hydroxyl groups excluding tert-OH is 1. The van der Waals surface area contributed by atoms with E-state index in [1.54, 1.807) is 0 Å². The molecule has 1 heterocycles. The summed E-state index contributed by atoms with van der Waals surface area (Å²) in [7, 11) is 0. The first kappa shape index (κ1) is 12.7. The maximum absolute atomic E-state index is 10.5. The van der Waals surface area contributed by atoms with Crippen LogP contribution in [-0.4, -0.2) is 5.11 Å². The molecule has 102 valence electrons. The van der Waals surface area contributed by atoms with Crippen LogP contribution < -0.4 is 0 Å². The van der Waals surface area contributed by atoms with Crippen molar-refractivity contribution >= 4 is 11.0 Å². The molecule has 0 amide bonds. The molecule has 3 unspecified atom stereocenters. The second-order valence-electron chi connectivity index (χ2n) is 6.17. The fourth-order valence-electron chi connectivity index (χ4n) is 3.33. The molecule has 19 heavy (non-hydrogen) atoms. The molecular weight excluding hydrogens is 236 g/mol. The van der Waals surface area contributed by atoms with Crippen molar-refractivity contribution in [2.75, 3.05) is 0 Å². The van der Waals surface area contributed by atoms with Gasteiger partial charge in [-0.3, -0.25) is 0 Å². The summed E-state index contributed by atoms with van der Waals surface area (Å²) < 4.78 is 5.82. The number of aryl methyl sites for hydroxylation is 1. The van der Waals surface area contributed by atoms with Gasteiger partial charge in [0, 0.05) is 5.39 Å². The summed E-state index contributed by atoms with van der Waals surface area (Å²) in [5.74, 6) is 1.81. The Morgan fingerprint density at radius 2 is 2.11 bits per heavy atom. The van der Waals surface area contributed by atoms with Gasteiger partial charge in [0.15, 0.2) is 0 Å². The molecule has 2 nitrogen and oxygen atoms in total. The van der Waals surface area contributed by atoms with E-state index in [0.29, 0.717) is 5.92 Å². The molecule has 0 aliphatic heterocycles. The summed E-state index contributed by atoms with van der Waals surface area (Å²) >= 11 is 0. The van der Waals surface area contributed by atoms with Crippen LogP contribution in [0.15, 0.2) is 28.7 Å². The maximum Gasteiger partial charge on any atom is 0.134 e. The van der Waals surface area contributed by atoms with Crippen molar-refractivity contribution in [2.45, 2.75) is 45.6 Å². The lowest BCUT2D eigenvalue weighted by atomic mass is 9.79. The molecule has 0 bridgehead atoms. The smallest absolute Gasteiger partial charge is 0.134 e. The van der Waals surface area contributed by atoms with E-state index in [-0.39, 0.29) is 0 Å². The fourth-order valence-corrected chi connectivity index (χ4v) is 3.33. The monoisotopic (exact) mass is 258 g/mol. The van der Waals surface area contributed by atoms with Gasteiger partial charge >= 0.3 is 0 Å². The van der Waals surface area contributed by atoms with E-state index in [9.17, 15) is 5.11 Å². The molecule has 1 saturated carbocycles. The number of fused-ring (bicyclic) bond motifs is 1. The van der Waals surface area contributed by atoms with Gasteiger partial charge in [-0.05, 0) is 49.8 Å². The van der Waals surface area contributed by atoms with Crippen molar-refractivity contribution in [1.82, 2.24) is 0 Å². The summed E-state index contributed by atoms with van der Waals surface area (Å²) in [6.07, 6.45) is 4.29. The zero-order chi connectivity index (χ0) is 13.4. The van der Waals surface area contributed by atoms with Gasteiger partial charge < -0.3 is 9.52 Å². The number of furan rings is 1. The lowest BCUT2D eigenvalue weighted by molar-refractivity contribution is 0.0551. The predicted octanol–water partition coefficient (Wildman–Crippen LogP) is 4.60. The van der Waals surface area contributed by atoms with Crippen LogP contribution >= 0.6 is 0 Å². The van der Waals surface area contributed by atoms with Crippen molar-refractivity contribution in [3.05, 3.63) is 35.6 Å². The first-order valence-electron chi connectivity index (χ1n) is 7.31. The highest BCUT2D eigenvalue weighted by Crippen LogP contribution is 2.38. The van der Waals surface area contributed by atoms with Gasteiger partial charge in [0.2, 0.25) is 0 Å². The van der Waals surface area contributed by atoms with Crippen LogP contribution in [0.3, 0.4) is 0 Å². The number of rotatable bonds is 2. The van der Waals surface area contributed by atoms with Crippen molar-refractivity contribution in [3.8, 4) is 0 Å². The Balaban J connectivity index is 1.86. The van der Waals surface area contributed by atoms with Gasteiger partial charge in [-0.2, -0.15) is 0 Å². The molecule has 0 spiro atoms. The van der Waals surface area contributed by atoms with Crippen molar-refractivity contribution in [3.63, 3.8) is 0 Å². The number of hydrogen-bond acceptors (Lipinski definition) is 2. The van der Waals surface area contributed by atoms with E-state index in [0.717, 1.165) is 35.5 Å². The zero-order valence-electron chi connectivity index (χ0n) is 11.7. The summed E-state index contributed by atoms with van der Waals surface area (Å²) in [5.41, 5.74) is 2.10. The van der Waals surface area contributed by atoms with Crippen LogP contribution in [-0.2, 0) is 0 Å². The van der Waals surface area contributed by atoms with Gasteiger partial charge in [0.05, 0.1) is 0 Å². The lowest BCUT2D eigenvalue weighted by Gasteiger charge is -2.29. The molecule has 2 heteroatoms. The third-order valence-corrected chi connectivity index (χ3v) is 4.41. The maximum atomic E-state index is 10.5. The van der Waals surface area contributed by atoms with Gasteiger partial charge in [-0.15, -0.1) is 0 Å². The molecular formula is C17H22O2. The van der Waals surface area contributed by atoms with Crippen LogP contribution in [0, 0.1) is 18.8 Å². The lowest BCUT2D eigenvalue weighted by Crippen LogP contribution is -2.19. The topological polar surface area (TPSA) is 33.4 Å². The Morgan fingerprint density at radius 1 is 1.26 bits per heavy atom. The van der Waals surface area contributed by atoms with Crippen LogP contribution in [0.4, 0.5) is 0 Å². The summed E-state index contributed by atoms with van der Waals surface area (Å²) in [4.78, 5) is 0. The van der Waals surface area contributed by atoms with Gasteiger partial charge in [0.1, 0.15) is 17.4 Å². The molecule has 1 aromatic heterocycles. The minimum atomic E-state index is -0.449. The Labute approximate surface area is 114 Å². The normalized spacial score (nSPS) is 25.6. The van der Waals surface area contributed by atoms with Crippen LogP contribution in [0.25, 0.3) is 11.0 Å². The molecule has 0 saturated heterocycles. The molecule has 3 rings (SSSR count). The third-order valence-electron chi connectivity index (χ3n) is 4.41. The first-order chi connectivity index (χ1) is 9.13. The van der Waals surface area contributed by atoms with E-state index in [2.05, 4.69) is 19.9 Å². The van der Waals surface area contributed by atoms with Gasteiger partial charge in [-0.1, -0.05) is 31.4 Å². The number of benzene rings is 1. The first-order valence-corrected chi connectivity index (χ1v) is 7.31. The van der Waals surface area contributed by atoms with Crippen molar-refractivity contribution < 1.29 is 9.52 Å². The summed E-state index contributed by atoms with van der Waals surface area (Å²) in [5, 5.41) is 11.6. The fraction of sp³-hybridized carbons (Fsp3) is 0.529. The minimum Gasteiger partial charge on any atom is -0.458 e. The van der Waals surface area contributed by atoms with Crippen molar-refractivity contribution in [2.24, 2.45) is 11.8 Å². The summed E-state index contributed by atoms with van der Waals surface area (Å²) in [6.45, 7) is 4.35. The average Bonchev–Trinajstić information content (AvgIpc) is 2.80. The molecule has 3 atom stereocenters. The summed E-state index contributed by atoms with van der Waals surface area (Å²) in [6, 6.07) is 8.15. The highest BCUT2D eigenvalue weighted by atomic mass is 16.4. The second-order valence-corrected chi connectivity index (χ2v) is 6.17. The standard InChI is InChI=1S/C17H22O2/c1-11-4-3-5-13(8-11)17(18)16-10-14-9-12(2)6-7-15(14)19-16/h6-7,9-11,13,17-18H,3-5,8H2,1-2H3.